The van der Waals surface area contributed by atoms with Gasteiger partial charge < -0.3 is 5.73 Å². The Labute approximate surface area is 143 Å². The van der Waals surface area contributed by atoms with E-state index in [1.807, 2.05) is 48.5 Å². The zero-order valence-corrected chi connectivity index (χ0v) is 17.1. The molecule has 0 rings (SSSR count). The van der Waals surface area contributed by atoms with Crippen LogP contribution in [-0.4, -0.2) is 34.9 Å². The molecule has 0 aliphatic rings. The molecule has 23 heavy (non-hydrogen) atoms. The van der Waals surface area contributed by atoms with Crippen LogP contribution in [0.1, 0.15) is 82.1 Å². The molecule has 2 unspecified atom stereocenters. The lowest BCUT2D eigenvalue weighted by atomic mass is 9.88. The van der Waals surface area contributed by atoms with Gasteiger partial charge in [-0.05, 0) is 74.7 Å². The third kappa shape index (κ3) is 7.94. The van der Waals surface area contributed by atoms with Crippen LogP contribution < -0.4 is 5.73 Å². The standard InChI is InChI=1S/C18H41N2O3/c1-13(2)21-20(22-14(3)4,23-15(5)6)18(9,10)12-16(7)11-17(8)19/h13-17H,11-12,19H2,1-10H3/q+1. The van der Waals surface area contributed by atoms with Crippen molar-refractivity contribution in [1.82, 2.24) is 0 Å². The summed E-state index contributed by atoms with van der Waals surface area (Å²) in [5.41, 5.74) is 5.60. The third-order valence-corrected chi connectivity index (χ3v) is 3.41. The van der Waals surface area contributed by atoms with E-state index in [9.17, 15) is 0 Å². The van der Waals surface area contributed by atoms with E-state index in [2.05, 4.69) is 20.8 Å². The monoisotopic (exact) mass is 333 g/mol. The van der Waals surface area contributed by atoms with E-state index >= 15 is 0 Å². The summed E-state index contributed by atoms with van der Waals surface area (Å²) in [7, 11) is 0. The second-order valence-corrected chi connectivity index (χ2v) is 8.29. The number of hydrogen-bond acceptors (Lipinski definition) is 4. The molecule has 0 spiro atoms. The van der Waals surface area contributed by atoms with Crippen molar-refractivity contribution in [2.45, 2.75) is 112 Å². The molecule has 0 fully saturated rings. The second kappa shape index (κ2) is 9.33. The zero-order chi connectivity index (χ0) is 18.4. The predicted molar refractivity (Wildman–Crippen MR) is 95.0 cm³/mol. The molecular formula is C18H41N2O3+. The minimum atomic E-state index is -0.368. The summed E-state index contributed by atoms with van der Waals surface area (Å²) in [6.45, 7) is 20.6. The number of nitrogens with two attached hydrogens (primary N) is 1. The van der Waals surface area contributed by atoms with Crippen LogP contribution in [0.25, 0.3) is 0 Å². The van der Waals surface area contributed by atoms with E-state index in [4.69, 9.17) is 20.2 Å². The molecule has 0 aromatic carbocycles. The SMILES string of the molecule is CC(N)CC(C)CC(C)(C)[N+](OC(C)C)(OC(C)C)OC(C)C. The van der Waals surface area contributed by atoms with Crippen LogP contribution in [0.3, 0.4) is 0 Å². The fourth-order valence-corrected chi connectivity index (χ4v) is 3.02. The summed E-state index contributed by atoms with van der Waals surface area (Å²) < 4.78 is 0. The van der Waals surface area contributed by atoms with Gasteiger partial charge in [-0.15, -0.1) is 14.5 Å². The van der Waals surface area contributed by atoms with Crippen molar-refractivity contribution < 1.29 is 19.5 Å². The van der Waals surface area contributed by atoms with Gasteiger partial charge >= 0.3 is 0 Å². The smallest absolute Gasteiger partial charge is 0.192 e. The van der Waals surface area contributed by atoms with Crippen LogP contribution in [0.4, 0.5) is 0 Å². The van der Waals surface area contributed by atoms with Gasteiger partial charge in [0.1, 0.15) is 23.3 Å². The van der Waals surface area contributed by atoms with Gasteiger partial charge in [-0.2, -0.15) is 0 Å². The van der Waals surface area contributed by atoms with Gasteiger partial charge in [0.2, 0.25) is 0 Å². The summed E-state index contributed by atoms with van der Waals surface area (Å²) in [6, 6.07) is 0.186. The number of hydroxylamine groups is 3. The first-order valence-corrected chi connectivity index (χ1v) is 9.01. The minimum Gasteiger partial charge on any atom is -0.328 e. The molecule has 0 saturated carbocycles. The average molecular weight is 334 g/mol. The van der Waals surface area contributed by atoms with Crippen LogP contribution in [-0.2, 0) is 14.5 Å². The molecule has 0 aromatic heterocycles. The summed E-state index contributed by atoms with van der Waals surface area (Å²) >= 11 is 0. The van der Waals surface area contributed by atoms with E-state index in [0.717, 1.165) is 12.8 Å². The minimum absolute atomic E-state index is 0.0180. The average Bonchev–Trinajstić information content (AvgIpc) is 2.22. The molecule has 2 N–H and O–H groups in total. The van der Waals surface area contributed by atoms with Gasteiger partial charge in [0.15, 0.2) is 5.54 Å². The Kier molecular flexibility index (Phi) is 9.25. The second-order valence-electron chi connectivity index (χ2n) is 8.29. The summed E-state index contributed by atoms with van der Waals surface area (Å²) in [5.74, 6) is 0.449. The highest BCUT2D eigenvalue weighted by Crippen LogP contribution is 2.37. The maximum absolute atomic E-state index is 6.19. The lowest BCUT2D eigenvalue weighted by Crippen LogP contribution is -2.64. The van der Waals surface area contributed by atoms with Crippen LogP contribution >= 0.6 is 0 Å². The lowest BCUT2D eigenvalue weighted by molar-refractivity contribution is -1.40. The van der Waals surface area contributed by atoms with Crippen LogP contribution in [0, 0.1) is 5.92 Å². The quantitative estimate of drug-likeness (QED) is 0.451. The Balaban J connectivity index is 5.55. The maximum atomic E-state index is 6.19. The number of hydrogen-bond donors (Lipinski definition) is 1. The molecule has 5 nitrogen and oxygen atoms in total. The first-order chi connectivity index (χ1) is 10.3. The van der Waals surface area contributed by atoms with Crippen molar-refractivity contribution in [3.05, 3.63) is 0 Å². The molecule has 0 radical (unpaired) electrons. The highest BCUT2D eigenvalue weighted by Gasteiger charge is 2.54. The Morgan fingerprint density at radius 1 is 0.783 bits per heavy atom. The largest absolute Gasteiger partial charge is 0.328 e. The van der Waals surface area contributed by atoms with Crippen molar-refractivity contribution in [2.75, 3.05) is 0 Å². The lowest BCUT2D eigenvalue weighted by Gasteiger charge is -2.44. The van der Waals surface area contributed by atoms with E-state index in [1.54, 1.807) is 0 Å². The van der Waals surface area contributed by atoms with E-state index in [-0.39, 0.29) is 34.9 Å². The van der Waals surface area contributed by atoms with E-state index in [0.29, 0.717) is 5.92 Å². The molecule has 0 bridgehead atoms. The molecule has 0 aliphatic carbocycles. The summed E-state index contributed by atoms with van der Waals surface area (Å²) in [6.07, 6.45) is 1.80. The van der Waals surface area contributed by atoms with E-state index in [1.165, 1.54) is 0 Å². The van der Waals surface area contributed by atoms with Gasteiger partial charge in [-0.1, -0.05) is 6.92 Å². The normalized spacial score (nSPS) is 16.4. The Morgan fingerprint density at radius 3 is 1.39 bits per heavy atom. The van der Waals surface area contributed by atoms with Crippen molar-refractivity contribution in [3.63, 3.8) is 0 Å². The van der Waals surface area contributed by atoms with Crippen molar-refractivity contribution in [3.8, 4) is 0 Å². The third-order valence-electron chi connectivity index (χ3n) is 3.41. The molecule has 2 atom stereocenters. The maximum Gasteiger partial charge on any atom is 0.192 e. The number of nitrogens with zero attached hydrogens (tertiary/aromatic N) is 1. The molecule has 140 valence electrons. The first kappa shape index (κ1) is 22.8. The highest BCUT2D eigenvalue weighted by molar-refractivity contribution is 4.72. The highest BCUT2D eigenvalue weighted by atomic mass is 17.2. The first-order valence-electron chi connectivity index (χ1n) is 9.01. The van der Waals surface area contributed by atoms with Crippen LogP contribution in [0.5, 0.6) is 0 Å². The van der Waals surface area contributed by atoms with Crippen molar-refractivity contribution >= 4 is 0 Å². The van der Waals surface area contributed by atoms with Gasteiger partial charge in [0, 0.05) is 12.5 Å². The molecular weight excluding hydrogens is 292 g/mol. The molecule has 0 aliphatic heterocycles. The van der Waals surface area contributed by atoms with E-state index < -0.39 is 0 Å². The Bertz CT molecular complexity index is 302. The predicted octanol–water partition coefficient (Wildman–Crippen LogP) is 4.37. The summed E-state index contributed by atoms with van der Waals surface area (Å²) in [4.78, 5) is 18.3. The fourth-order valence-electron chi connectivity index (χ4n) is 3.02. The summed E-state index contributed by atoms with van der Waals surface area (Å²) in [5, 5.41) is 0. The van der Waals surface area contributed by atoms with Crippen LogP contribution in [0.2, 0.25) is 0 Å². The fraction of sp³-hybridized carbons (Fsp3) is 1.00. The zero-order valence-electron chi connectivity index (χ0n) is 17.1. The van der Waals surface area contributed by atoms with Gasteiger partial charge in [-0.3, -0.25) is 0 Å². The Hall–Kier alpha value is -0.200. The van der Waals surface area contributed by atoms with Gasteiger partial charge in [0.25, 0.3) is 0 Å². The van der Waals surface area contributed by atoms with Crippen molar-refractivity contribution in [1.29, 1.82) is 0 Å². The molecule has 0 heterocycles. The number of rotatable bonds is 11. The molecule has 0 amide bonds. The number of quaternary nitrogens is 1. The van der Waals surface area contributed by atoms with Gasteiger partial charge in [-0.25, -0.2) is 0 Å². The molecule has 0 aromatic rings. The molecule has 0 saturated heterocycles. The van der Waals surface area contributed by atoms with Crippen LogP contribution in [0.15, 0.2) is 0 Å². The Morgan fingerprint density at radius 2 is 1.13 bits per heavy atom. The topological polar surface area (TPSA) is 53.7 Å². The van der Waals surface area contributed by atoms with Crippen molar-refractivity contribution in [2.24, 2.45) is 11.7 Å². The van der Waals surface area contributed by atoms with Gasteiger partial charge in [0.05, 0.1) is 0 Å². The molecule has 5 heteroatoms.